The van der Waals surface area contributed by atoms with Crippen LogP contribution in [0.5, 0.6) is 0 Å². The largest absolute Gasteiger partial charge is 0.383 e. The Labute approximate surface area is 112 Å². The number of pyridine rings is 1. The number of carbonyl (C=O) groups excluding carboxylic acids is 1. The van der Waals surface area contributed by atoms with Crippen LogP contribution in [0.15, 0.2) is 12.1 Å². The molecule has 0 atom stereocenters. The van der Waals surface area contributed by atoms with Gasteiger partial charge in [0.1, 0.15) is 10.3 Å². The molecule has 1 rings (SSSR count). The van der Waals surface area contributed by atoms with E-state index in [9.17, 15) is 13.6 Å². The fraction of sp³-hybridized carbons (Fsp3) is 0.400. The molecule has 100 valence electrons. The predicted molar refractivity (Wildman–Crippen MR) is 63.0 cm³/mol. The van der Waals surface area contributed by atoms with Crippen molar-refractivity contribution in [3.05, 3.63) is 28.0 Å². The zero-order chi connectivity index (χ0) is 13.8. The molecule has 0 saturated heterocycles. The number of ether oxygens (including phenoxy) is 1. The fourth-order valence-corrected chi connectivity index (χ4v) is 1.62. The normalized spacial score (nSPS) is 11.4. The fourth-order valence-electron chi connectivity index (χ4n) is 1.15. The number of carbonyl (C=O) groups is 1. The average molecular weight is 299 g/mol. The topological polar surface area (TPSA) is 51.2 Å². The Morgan fingerprint density at radius 2 is 2.00 bits per heavy atom. The van der Waals surface area contributed by atoms with Gasteiger partial charge in [-0.15, -0.1) is 0 Å². The van der Waals surface area contributed by atoms with E-state index in [1.165, 1.54) is 7.11 Å². The van der Waals surface area contributed by atoms with E-state index >= 15 is 0 Å². The quantitative estimate of drug-likeness (QED) is 0.670. The lowest BCUT2D eigenvalue weighted by Crippen LogP contribution is -2.39. The first-order valence-electron chi connectivity index (χ1n) is 4.86. The van der Waals surface area contributed by atoms with Gasteiger partial charge in [0, 0.05) is 19.2 Å². The number of rotatable bonds is 5. The molecule has 18 heavy (non-hydrogen) atoms. The first kappa shape index (κ1) is 15.1. The highest BCUT2D eigenvalue weighted by molar-refractivity contribution is 6.32. The molecule has 8 heteroatoms. The summed E-state index contributed by atoms with van der Waals surface area (Å²) in [7, 11) is 1.40. The van der Waals surface area contributed by atoms with Gasteiger partial charge in [0.15, 0.2) is 0 Å². The van der Waals surface area contributed by atoms with Gasteiger partial charge in [0.2, 0.25) is 0 Å². The summed E-state index contributed by atoms with van der Waals surface area (Å²) < 4.78 is 32.1. The number of methoxy groups -OCH3 is 1. The van der Waals surface area contributed by atoms with Gasteiger partial charge in [-0.1, -0.05) is 23.2 Å². The average Bonchev–Trinajstić information content (AvgIpc) is 2.27. The molecule has 0 radical (unpaired) electrons. The van der Waals surface area contributed by atoms with E-state index in [4.69, 9.17) is 23.2 Å². The molecule has 0 aliphatic carbocycles. The van der Waals surface area contributed by atoms with E-state index in [2.05, 4.69) is 9.72 Å². The molecule has 0 fully saturated rings. The second-order valence-electron chi connectivity index (χ2n) is 3.32. The van der Waals surface area contributed by atoms with Crippen molar-refractivity contribution in [1.82, 2.24) is 10.3 Å². The lowest BCUT2D eigenvalue weighted by molar-refractivity contribution is -0.147. The zero-order valence-corrected chi connectivity index (χ0v) is 10.9. The van der Waals surface area contributed by atoms with Crippen LogP contribution in [0.1, 0.15) is 5.56 Å². The van der Waals surface area contributed by atoms with Crippen LogP contribution in [0.4, 0.5) is 8.78 Å². The summed E-state index contributed by atoms with van der Waals surface area (Å²) in [4.78, 5) is 14.9. The standard InChI is InChI=1S/C10H10Cl2F2N2O2/c1-18-3-2-15-9(17)10(13,14)6-4-7(11)16-8(12)5-6/h4-5H,2-3H2,1H3,(H,15,17). The number of nitrogens with one attached hydrogen (secondary N) is 1. The van der Waals surface area contributed by atoms with Crippen LogP contribution in [-0.2, 0) is 15.5 Å². The molecule has 0 aromatic carbocycles. The van der Waals surface area contributed by atoms with Crippen LogP contribution in [0.3, 0.4) is 0 Å². The molecule has 0 bridgehead atoms. The maximum atomic E-state index is 13.7. The summed E-state index contributed by atoms with van der Waals surface area (Å²) in [5, 5.41) is 1.63. The van der Waals surface area contributed by atoms with Crippen LogP contribution in [0.25, 0.3) is 0 Å². The smallest absolute Gasteiger partial charge is 0.349 e. The monoisotopic (exact) mass is 298 g/mol. The number of halogens is 4. The predicted octanol–water partition coefficient (Wildman–Crippen LogP) is 2.24. The maximum absolute atomic E-state index is 13.7. The SMILES string of the molecule is COCCNC(=O)C(F)(F)c1cc(Cl)nc(Cl)c1. The molecule has 1 N–H and O–H groups in total. The van der Waals surface area contributed by atoms with Crippen molar-refractivity contribution in [2.45, 2.75) is 5.92 Å². The Kier molecular flexibility index (Phi) is 5.25. The number of alkyl halides is 2. The lowest BCUT2D eigenvalue weighted by atomic mass is 10.1. The highest BCUT2D eigenvalue weighted by Crippen LogP contribution is 2.31. The van der Waals surface area contributed by atoms with Crippen LogP contribution >= 0.6 is 23.2 Å². The number of nitrogens with zero attached hydrogens (tertiary/aromatic N) is 1. The molecule has 0 unspecified atom stereocenters. The number of hydrogen-bond donors (Lipinski definition) is 1. The van der Waals surface area contributed by atoms with E-state index in [1.807, 2.05) is 5.32 Å². The molecule has 0 aliphatic heterocycles. The van der Waals surface area contributed by atoms with Gasteiger partial charge in [-0.3, -0.25) is 4.79 Å². The van der Waals surface area contributed by atoms with Crippen molar-refractivity contribution in [2.24, 2.45) is 0 Å². The summed E-state index contributed by atoms with van der Waals surface area (Å²) in [6.45, 7) is 0.122. The molecule has 1 aromatic heterocycles. The van der Waals surface area contributed by atoms with Gasteiger partial charge < -0.3 is 10.1 Å². The van der Waals surface area contributed by atoms with Gasteiger partial charge in [0.05, 0.1) is 6.61 Å². The van der Waals surface area contributed by atoms with Crippen LogP contribution in [0.2, 0.25) is 10.3 Å². The van der Waals surface area contributed by atoms with Crippen molar-refractivity contribution >= 4 is 29.1 Å². The van der Waals surface area contributed by atoms with Gasteiger partial charge in [-0.05, 0) is 12.1 Å². The Morgan fingerprint density at radius 3 is 2.50 bits per heavy atom. The zero-order valence-electron chi connectivity index (χ0n) is 9.34. The van der Waals surface area contributed by atoms with E-state index in [0.717, 1.165) is 12.1 Å². The number of hydrogen-bond acceptors (Lipinski definition) is 3. The molecule has 0 aliphatic rings. The summed E-state index contributed by atoms with van der Waals surface area (Å²) >= 11 is 11.0. The summed E-state index contributed by atoms with van der Waals surface area (Å²) in [5.41, 5.74) is -0.609. The molecule has 4 nitrogen and oxygen atoms in total. The lowest BCUT2D eigenvalue weighted by Gasteiger charge is -2.16. The van der Waals surface area contributed by atoms with Gasteiger partial charge in [0.25, 0.3) is 5.91 Å². The molecule has 0 spiro atoms. The van der Waals surface area contributed by atoms with E-state index in [0.29, 0.717) is 0 Å². The van der Waals surface area contributed by atoms with Crippen LogP contribution in [-0.4, -0.2) is 31.2 Å². The maximum Gasteiger partial charge on any atom is 0.349 e. The Bertz CT molecular complexity index is 424. The molecule has 1 amide bonds. The minimum Gasteiger partial charge on any atom is -0.383 e. The minimum atomic E-state index is -3.73. The van der Waals surface area contributed by atoms with E-state index < -0.39 is 17.4 Å². The van der Waals surface area contributed by atoms with Crippen LogP contribution < -0.4 is 5.32 Å². The third-order valence-corrected chi connectivity index (χ3v) is 2.39. The van der Waals surface area contributed by atoms with Crippen molar-refractivity contribution in [3.63, 3.8) is 0 Å². The highest BCUT2D eigenvalue weighted by atomic mass is 35.5. The number of amides is 1. The molecule has 1 aromatic rings. The summed E-state index contributed by atoms with van der Waals surface area (Å²) in [6, 6.07) is 1.78. The number of aromatic nitrogens is 1. The molecule has 0 saturated carbocycles. The molecular weight excluding hydrogens is 289 g/mol. The molecule has 1 heterocycles. The Morgan fingerprint density at radius 1 is 1.44 bits per heavy atom. The summed E-state index contributed by atoms with van der Waals surface area (Å²) in [6.07, 6.45) is 0. The third-order valence-electron chi connectivity index (χ3n) is 2.00. The second-order valence-corrected chi connectivity index (χ2v) is 4.10. The van der Waals surface area contributed by atoms with Crippen molar-refractivity contribution in [3.8, 4) is 0 Å². The summed E-state index contributed by atoms with van der Waals surface area (Å²) in [5.74, 6) is -5.18. The van der Waals surface area contributed by atoms with E-state index in [1.54, 1.807) is 0 Å². The van der Waals surface area contributed by atoms with Crippen molar-refractivity contribution in [1.29, 1.82) is 0 Å². The Balaban J connectivity index is 2.87. The van der Waals surface area contributed by atoms with Gasteiger partial charge >= 0.3 is 5.92 Å². The second kappa shape index (κ2) is 6.26. The minimum absolute atomic E-state index is 0.0164. The van der Waals surface area contributed by atoms with Crippen LogP contribution in [0, 0.1) is 0 Å². The Hall–Kier alpha value is -0.980. The first-order valence-corrected chi connectivity index (χ1v) is 5.62. The van der Waals surface area contributed by atoms with Gasteiger partial charge in [-0.2, -0.15) is 8.78 Å². The highest BCUT2D eigenvalue weighted by Gasteiger charge is 2.41. The van der Waals surface area contributed by atoms with Crippen molar-refractivity contribution in [2.75, 3.05) is 20.3 Å². The molecular formula is C10H10Cl2F2N2O2. The van der Waals surface area contributed by atoms with Crippen molar-refractivity contribution < 1.29 is 18.3 Å². The van der Waals surface area contributed by atoms with E-state index in [-0.39, 0.29) is 23.5 Å². The first-order chi connectivity index (χ1) is 8.37. The van der Waals surface area contributed by atoms with Gasteiger partial charge in [-0.25, -0.2) is 4.98 Å². The third kappa shape index (κ3) is 3.76.